The number of aryl methyl sites for hydroxylation is 1. The van der Waals surface area contributed by atoms with Crippen molar-refractivity contribution in [1.29, 1.82) is 0 Å². The van der Waals surface area contributed by atoms with E-state index < -0.39 is 6.23 Å². The van der Waals surface area contributed by atoms with E-state index in [4.69, 9.17) is 16.3 Å². The van der Waals surface area contributed by atoms with E-state index >= 15 is 0 Å². The number of nitrogens with zero attached hydrogens (tertiary/aromatic N) is 4. The first-order valence-electron chi connectivity index (χ1n) is 7.19. The van der Waals surface area contributed by atoms with Gasteiger partial charge in [0.2, 0.25) is 0 Å². The van der Waals surface area contributed by atoms with Crippen molar-refractivity contribution in [2.24, 2.45) is 0 Å². The van der Waals surface area contributed by atoms with Crippen molar-refractivity contribution in [3.63, 3.8) is 0 Å². The van der Waals surface area contributed by atoms with Crippen molar-refractivity contribution >= 4 is 28.7 Å². The molecular weight excluding hydrogens is 316 g/mol. The van der Waals surface area contributed by atoms with Crippen molar-refractivity contribution in [3.05, 3.63) is 53.7 Å². The van der Waals surface area contributed by atoms with Gasteiger partial charge in [0.1, 0.15) is 18.2 Å². The number of hydrogen-bond donors (Lipinski definition) is 0. The predicted octanol–water partition coefficient (Wildman–Crippen LogP) is 3.17. The molecule has 7 heteroatoms. The smallest absolute Gasteiger partial charge is 0.304 e. The van der Waals surface area contributed by atoms with Crippen LogP contribution in [0.2, 0.25) is 5.15 Å². The highest BCUT2D eigenvalue weighted by molar-refractivity contribution is 6.33. The third-order valence-electron chi connectivity index (χ3n) is 3.45. The molecular formula is C16H15ClN4O2. The van der Waals surface area contributed by atoms with Gasteiger partial charge in [-0.25, -0.2) is 15.0 Å². The Morgan fingerprint density at radius 3 is 2.78 bits per heavy atom. The molecule has 3 aromatic rings. The molecule has 0 radical (unpaired) electrons. The Kier molecular flexibility index (Phi) is 4.52. The largest absolute Gasteiger partial charge is 0.441 e. The van der Waals surface area contributed by atoms with Crippen molar-refractivity contribution in [3.8, 4) is 0 Å². The Labute approximate surface area is 138 Å². The first kappa shape index (κ1) is 15.4. The molecule has 0 fully saturated rings. The Bertz CT molecular complexity index is 819. The summed E-state index contributed by atoms with van der Waals surface area (Å²) in [4.78, 5) is 23.8. The van der Waals surface area contributed by atoms with Gasteiger partial charge in [-0.1, -0.05) is 41.9 Å². The van der Waals surface area contributed by atoms with Crippen LogP contribution in [0.1, 0.15) is 25.1 Å². The lowest BCUT2D eigenvalue weighted by atomic mass is 10.1. The van der Waals surface area contributed by atoms with Crippen LogP contribution in [0.4, 0.5) is 0 Å². The number of fused-ring (bicyclic) bond motifs is 1. The number of carbonyl (C=O) groups excluding carboxylic acids is 1. The minimum absolute atomic E-state index is 0.276. The van der Waals surface area contributed by atoms with Crippen LogP contribution in [-0.2, 0) is 16.0 Å². The second-order valence-corrected chi connectivity index (χ2v) is 5.43. The van der Waals surface area contributed by atoms with Gasteiger partial charge in [-0.2, -0.15) is 0 Å². The summed E-state index contributed by atoms with van der Waals surface area (Å²) in [7, 11) is 0. The molecule has 0 bridgehead atoms. The zero-order valence-corrected chi connectivity index (χ0v) is 13.3. The van der Waals surface area contributed by atoms with Crippen LogP contribution in [0, 0.1) is 0 Å². The van der Waals surface area contributed by atoms with Gasteiger partial charge in [-0.05, 0) is 12.0 Å². The van der Waals surface area contributed by atoms with Gasteiger partial charge in [0.05, 0.1) is 0 Å². The Hall–Kier alpha value is -2.47. The summed E-state index contributed by atoms with van der Waals surface area (Å²) in [6.45, 7) is 1.39. The van der Waals surface area contributed by atoms with Crippen molar-refractivity contribution in [2.45, 2.75) is 26.0 Å². The molecule has 1 aromatic carbocycles. The first-order valence-corrected chi connectivity index (χ1v) is 7.57. The molecule has 0 unspecified atom stereocenters. The van der Waals surface area contributed by atoms with Gasteiger partial charge in [0.15, 0.2) is 17.0 Å². The number of hydrogen-bond acceptors (Lipinski definition) is 5. The fraction of sp³-hybridized carbons (Fsp3) is 0.250. The number of carbonyl (C=O) groups is 1. The van der Waals surface area contributed by atoms with E-state index in [0.717, 1.165) is 6.42 Å². The second-order valence-electron chi connectivity index (χ2n) is 5.08. The van der Waals surface area contributed by atoms with E-state index in [2.05, 4.69) is 15.0 Å². The monoisotopic (exact) mass is 330 g/mol. The van der Waals surface area contributed by atoms with Crippen molar-refractivity contribution in [1.82, 2.24) is 19.5 Å². The van der Waals surface area contributed by atoms with E-state index in [1.807, 2.05) is 30.3 Å². The van der Waals surface area contributed by atoms with Crippen LogP contribution < -0.4 is 0 Å². The second kappa shape index (κ2) is 6.75. The summed E-state index contributed by atoms with van der Waals surface area (Å²) >= 11 is 6.02. The van der Waals surface area contributed by atoms with Crippen LogP contribution >= 0.6 is 11.6 Å². The van der Waals surface area contributed by atoms with Gasteiger partial charge in [-0.15, -0.1) is 0 Å². The number of imidazole rings is 1. The van der Waals surface area contributed by atoms with Crippen molar-refractivity contribution < 1.29 is 9.53 Å². The highest BCUT2D eigenvalue weighted by Gasteiger charge is 2.19. The van der Waals surface area contributed by atoms with Crippen molar-refractivity contribution in [2.75, 3.05) is 0 Å². The molecule has 0 aliphatic carbocycles. The average Bonchev–Trinajstić information content (AvgIpc) is 2.97. The van der Waals surface area contributed by atoms with Gasteiger partial charge in [0.25, 0.3) is 0 Å². The minimum Gasteiger partial charge on any atom is -0.441 e. The number of esters is 1. The quantitative estimate of drug-likeness (QED) is 0.531. The fourth-order valence-corrected chi connectivity index (χ4v) is 2.59. The zero-order chi connectivity index (χ0) is 16.2. The van der Waals surface area contributed by atoms with E-state index in [-0.39, 0.29) is 11.1 Å². The van der Waals surface area contributed by atoms with E-state index in [0.29, 0.717) is 17.6 Å². The molecule has 3 rings (SSSR count). The lowest BCUT2D eigenvalue weighted by Gasteiger charge is -2.18. The fourth-order valence-electron chi connectivity index (χ4n) is 2.42. The SMILES string of the molecule is CC(=O)O[C@@H](CCc1ccccc1)n1cnc2c(Cl)ncnc21. The Morgan fingerprint density at radius 2 is 2.04 bits per heavy atom. The third-order valence-corrected chi connectivity index (χ3v) is 3.73. The standard InChI is InChI=1S/C16H15ClN4O2/c1-11(22)23-13(8-7-12-5-3-2-4-6-12)21-10-20-14-15(17)18-9-19-16(14)21/h2-6,9-10,13H,7-8H2,1H3/t13-/m0/s1. The van der Waals surface area contributed by atoms with Gasteiger partial charge in [0, 0.05) is 13.3 Å². The van der Waals surface area contributed by atoms with Crippen LogP contribution in [-0.4, -0.2) is 25.5 Å². The molecule has 1 atom stereocenters. The molecule has 0 aliphatic heterocycles. The summed E-state index contributed by atoms with van der Waals surface area (Å²) in [6.07, 6.45) is 3.81. The van der Waals surface area contributed by atoms with Gasteiger partial charge in [-0.3, -0.25) is 9.36 Å². The maximum Gasteiger partial charge on any atom is 0.304 e. The molecule has 0 saturated heterocycles. The topological polar surface area (TPSA) is 69.9 Å². The summed E-state index contributed by atoms with van der Waals surface area (Å²) in [5.41, 5.74) is 2.21. The third kappa shape index (κ3) is 3.48. The Balaban J connectivity index is 1.88. The molecule has 23 heavy (non-hydrogen) atoms. The van der Waals surface area contributed by atoms with E-state index in [1.54, 1.807) is 10.9 Å². The van der Waals surface area contributed by atoms with Crippen LogP contribution in [0.3, 0.4) is 0 Å². The van der Waals surface area contributed by atoms with Crippen LogP contribution in [0.15, 0.2) is 43.0 Å². The first-order chi connectivity index (χ1) is 11.1. The summed E-state index contributed by atoms with van der Waals surface area (Å²) in [6, 6.07) is 10.0. The van der Waals surface area contributed by atoms with E-state index in [9.17, 15) is 4.79 Å². The highest BCUT2D eigenvalue weighted by Crippen LogP contribution is 2.24. The van der Waals surface area contributed by atoms with Crippen LogP contribution in [0.25, 0.3) is 11.2 Å². The molecule has 118 valence electrons. The lowest BCUT2D eigenvalue weighted by Crippen LogP contribution is -2.16. The molecule has 0 amide bonds. The summed E-state index contributed by atoms with van der Waals surface area (Å²) < 4.78 is 7.16. The summed E-state index contributed by atoms with van der Waals surface area (Å²) in [5.74, 6) is -0.356. The molecule has 0 N–H and O–H groups in total. The maximum absolute atomic E-state index is 11.4. The summed E-state index contributed by atoms with van der Waals surface area (Å²) in [5, 5.41) is 0.276. The normalized spacial score (nSPS) is 12.3. The van der Waals surface area contributed by atoms with Gasteiger partial charge >= 0.3 is 5.97 Å². The Morgan fingerprint density at radius 1 is 1.26 bits per heavy atom. The maximum atomic E-state index is 11.4. The number of halogens is 1. The average molecular weight is 331 g/mol. The van der Waals surface area contributed by atoms with Gasteiger partial charge < -0.3 is 4.74 Å². The molecule has 0 saturated carbocycles. The molecule has 2 aromatic heterocycles. The minimum atomic E-state index is -0.497. The zero-order valence-electron chi connectivity index (χ0n) is 12.5. The molecule has 6 nitrogen and oxygen atoms in total. The molecule has 0 spiro atoms. The lowest BCUT2D eigenvalue weighted by molar-refractivity contribution is -0.151. The predicted molar refractivity (Wildman–Crippen MR) is 85.9 cm³/mol. The molecule has 0 aliphatic rings. The molecule has 2 heterocycles. The number of ether oxygens (including phenoxy) is 1. The highest BCUT2D eigenvalue weighted by atomic mass is 35.5. The number of rotatable bonds is 5. The van der Waals surface area contributed by atoms with E-state index in [1.165, 1.54) is 18.8 Å². The number of aromatic nitrogens is 4. The number of benzene rings is 1. The van der Waals surface area contributed by atoms with Crippen LogP contribution in [0.5, 0.6) is 0 Å².